The van der Waals surface area contributed by atoms with Crippen molar-refractivity contribution in [2.45, 2.75) is 18.8 Å². The van der Waals surface area contributed by atoms with Crippen LogP contribution < -0.4 is 4.74 Å². The van der Waals surface area contributed by atoms with Gasteiger partial charge in [-0.25, -0.2) is 4.39 Å². The second-order valence-corrected chi connectivity index (χ2v) is 3.58. The zero-order valence-electron chi connectivity index (χ0n) is 8.07. The molecule has 0 bridgehead atoms. The van der Waals surface area contributed by atoms with E-state index >= 15 is 0 Å². The summed E-state index contributed by atoms with van der Waals surface area (Å²) in [5, 5.41) is 8.72. The van der Waals surface area contributed by atoms with Gasteiger partial charge >= 0.3 is 5.97 Å². The Morgan fingerprint density at radius 1 is 1.60 bits per heavy atom. The SMILES string of the molecule is O=C(O)CC1CCOc2cccc(F)c21. The van der Waals surface area contributed by atoms with E-state index in [1.807, 2.05) is 0 Å². The van der Waals surface area contributed by atoms with Crippen molar-refractivity contribution in [3.8, 4) is 5.75 Å². The Kier molecular flexibility index (Phi) is 2.58. The van der Waals surface area contributed by atoms with Crippen molar-refractivity contribution in [3.63, 3.8) is 0 Å². The number of aliphatic carboxylic acids is 1. The second-order valence-electron chi connectivity index (χ2n) is 3.58. The summed E-state index contributed by atoms with van der Waals surface area (Å²) in [6.07, 6.45) is 0.511. The van der Waals surface area contributed by atoms with Crippen molar-refractivity contribution in [1.29, 1.82) is 0 Å². The van der Waals surface area contributed by atoms with Gasteiger partial charge in [-0.15, -0.1) is 0 Å². The van der Waals surface area contributed by atoms with Gasteiger partial charge in [-0.2, -0.15) is 0 Å². The maximum absolute atomic E-state index is 13.5. The highest BCUT2D eigenvalue weighted by Gasteiger charge is 2.26. The molecule has 15 heavy (non-hydrogen) atoms. The van der Waals surface area contributed by atoms with E-state index in [2.05, 4.69) is 0 Å². The summed E-state index contributed by atoms with van der Waals surface area (Å²) in [5.41, 5.74) is 0.408. The van der Waals surface area contributed by atoms with E-state index in [1.54, 1.807) is 12.1 Å². The molecule has 2 rings (SSSR count). The first kappa shape index (κ1) is 9.96. The van der Waals surface area contributed by atoms with Crippen LogP contribution in [-0.4, -0.2) is 17.7 Å². The molecule has 0 saturated carbocycles. The van der Waals surface area contributed by atoms with Gasteiger partial charge in [0.2, 0.25) is 0 Å². The first-order valence-corrected chi connectivity index (χ1v) is 4.81. The topological polar surface area (TPSA) is 46.5 Å². The van der Waals surface area contributed by atoms with E-state index in [9.17, 15) is 9.18 Å². The zero-order valence-corrected chi connectivity index (χ0v) is 8.07. The molecule has 1 unspecified atom stereocenters. The maximum atomic E-state index is 13.5. The van der Waals surface area contributed by atoms with Crippen LogP contribution in [0.15, 0.2) is 18.2 Å². The lowest BCUT2D eigenvalue weighted by molar-refractivity contribution is -0.137. The van der Waals surface area contributed by atoms with Crippen LogP contribution in [0.1, 0.15) is 24.3 Å². The molecule has 1 N–H and O–H groups in total. The Labute approximate surface area is 86.5 Å². The van der Waals surface area contributed by atoms with Crippen LogP contribution in [0, 0.1) is 5.82 Å². The lowest BCUT2D eigenvalue weighted by Gasteiger charge is -2.24. The lowest BCUT2D eigenvalue weighted by atomic mass is 9.90. The van der Waals surface area contributed by atoms with E-state index in [1.165, 1.54) is 6.07 Å². The van der Waals surface area contributed by atoms with Gasteiger partial charge in [0.05, 0.1) is 13.0 Å². The van der Waals surface area contributed by atoms with E-state index in [0.29, 0.717) is 24.3 Å². The van der Waals surface area contributed by atoms with E-state index in [4.69, 9.17) is 9.84 Å². The van der Waals surface area contributed by atoms with Crippen LogP contribution in [0.25, 0.3) is 0 Å². The van der Waals surface area contributed by atoms with Gasteiger partial charge in [0.15, 0.2) is 0 Å². The van der Waals surface area contributed by atoms with Crippen molar-refractivity contribution in [3.05, 3.63) is 29.6 Å². The molecule has 0 radical (unpaired) electrons. The highest BCUT2D eigenvalue weighted by Crippen LogP contribution is 2.37. The largest absolute Gasteiger partial charge is 0.493 e. The van der Waals surface area contributed by atoms with Crippen LogP contribution in [0.5, 0.6) is 5.75 Å². The van der Waals surface area contributed by atoms with E-state index in [-0.39, 0.29) is 18.2 Å². The summed E-state index contributed by atoms with van der Waals surface area (Å²) >= 11 is 0. The minimum Gasteiger partial charge on any atom is -0.493 e. The molecule has 0 saturated heterocycles. The predicted octanol–water partition coefficient (Wildman–Crippen LogP) is 2.17. The highest BCUT2D eigenvalue weighted by atomic mass is 19.1. The fraction of sp³-hybridized carbons (Fsp3) is 0.364. The Bertz CT molecular complexity index is 389. The number of hydrogen-bond donors (Lipinski definition) is 1. The van der Waals surface area contributed by atoms with Gasteiger partial charge in [-0.05, 0) is 18.6 Å². The molecule has 3 nitrogen and oxygen atoms in total. The highest BCUT2D eigenvalue weighted by molar-refractivity contribution is 5.68. The Morgan fingerprint density at radius 2 is 2.40 bits per heavy atom. The van der Waals surface area contributed by atoms with Gasteiger partial charge in [0.1, 0.15) is 11.6 Å². The minimum absolute atomic E-state index is 0.0444. The first-order chi connectivity index (χ1) is 7.18. The molecule has 4 heteroatoms. The quantitative estimate of drug-likeness (QED) is 0.813. The summed E-state index contributed by atoms with van der Waals surface area (Å²) in [6, 6.07) is 4.58. The van der Waals surface area contributed by atoms with E-state index < -0.39 is 5.97 Å². The number of halogens is 1. The van der Waals surface area contributed by atoms with E-state index in [0.717, 1.165) is 0 Å². The fourth-order valence-corrected chi connectivity index (χ4v) is 1.91. The smallest absolute Gasteiger partial charge is 0.303 e. The Balaban J connectivity index is 2.36. The summed E-state index contributed by atoms with van der Waals surface area (Å²) in [5.74, 6) is -1.07. The van der Waals surface area contributed by atoms with Crippen LogP contribution in [0.4, 0.5) is 4.39 Å². The number of fused-ring (bicyclic) bond motifs is 1. The molecule has 1 atom stereocenters. The number of carboxylic acids is 1. The minimum atomic E-state index is -0.906. The predicted molar refractivity (Wildman–Crippen MR) is 51.5 cm³/mol. The Morgan fingerprint density at radius 3 is 3.13 bits per heavy atom. The number of rotatable bonds is 2. The van der Waals surface area contributed by atoms with Crippen molar-refractivity contribution >= 4 is 5.97 Å². The van der Waals surface area contributed by atoms with Crippen molar-refractivity contribution in [2.75, 3.05) is 6.61 Å². The molecule has 1 aromatic rings. The molecule has 1 aliphatic rings. The summed E-state index contributed by atoms with van der Waals surface area (Å²) in [4.78, 5) is 10.6. The molecular weight excluding hydrogens is 199 g/mol. The molecule has 0 aliphatic carbocycles. The summed E-state index contributed by atoms with van der Waals surface area (Å²) < 4.78 is 18.8. The van der Waals surface area contributed by atoms with Crippen LogP contribution >= 0.6 is 0 Å². The number of benzene rings is 1. The van der Waals surface area contributed by atoms with Crippen LogP contribution in [0.3, 0.4) is 0 Å². The molecule has 0 fully saturated rings. The average Bonchev–Trinajstić information content (AvgIpc) is 2.17. The fourth-order valence-electron chi connectivity index (χ4n) is 1.91. The van der Waals surface area contributed by atoms with Gasteiger partial charge in [-0.3, -0.25) is 4.79 Å². The third kappa shape index (κ3) is 1.93. The summed E-state index contributed by atoms with van der Waals surface area (Å²) in [6.45, 7) is 0.453. The molecule has 0 amide bonds. The molecule has 1 aromatic carbocycles. The molecule has 0 spiro atoms. The zero-order chi connectivity index (χ0) is 10.8. The molecule has 1 aliphatic heterocycles. The van der Waals surface area contributed by atoms with Gasteiger partial charge < -0.3 is 9.84 Å². The number of carbonyl (C=O) groups is 1. The van der Waals surface area contributed by atoms with Gasteiger partial charge in [0.25, 0.3) is 0 Å². The van der Waals surface area contributed by atoms with Crippen molar-refractivity contribution in [2.24, 2.45) is 0 Å². The lowest BCUT2D eigenvalue weighted by Crippen LogP contribution is -2.18. The molecule has 1 heterocycles. The van der Waals surface area contributed by atoms with Crippen molar-refractivity contribution < 1.29 is 19.0 Å². The van der Waals surface area contributed by atoms with Crippen LogP contribution in [-0.2, 0) is 4.79 Å². The Hall–Kier alpha value is -1.58. The summed E-state index contributed by atoms with van der Waals surface area (Å²) in [7, 11) is 0. The van der Waals surface area contributed by atoms with Gasteiger partial charge in [-0.1, -0.05) is 6.07 Å². The second kappa shape index (κ2) is 3.88. The molecule has 0 aromatic heterocycles. The van der Waals surface area contributed by atoms with Gasteiger partial charge in [0, 0.05) is 11.5 Å². The first-order valence-electron chi connectivity index (χ1n) is 4.81. The number of hydrogen-bond acceptors (Lipinski definition) is 2. The number of ether oxygens (including phenoxy) is 1. The standard InChI is InChI=1S/C11H11FO3/c12-8-2-1-3-9-11(8)7(4-5-15-9)6-10(13)14/h1-3,7H,4-6H2,(H,13,14). The number of carboxylic acid groups (broad SMARTS) is 1. The maximum Gasteiger partial charge on any atom is 0.303 e. The van der Waals surface area contributed by atoms with Crippen molar-refractivity contribution in [1.82, 2.24) is 0 Å². The van der Waals surface area contributed by atoms with Crippen LogP contribution in [0.2, 0.25) is 0 Å². The third-order valence-electron chi connectivity index (χ3n) is 2.57. The molecule has 80 valence electrons. The average molecular weight is 210 g/mol. The normalized spacial score (nSPS) is 19.1. The third-order valence-corrected chi connectivity index (χ3v) is 2.57. The monoisotopic (exact) mass is 210 g/mol. The molecular formula is C11H11FO3.